The van der Waals surface area contributed by atoms with E-state index in [1.165, 1.54) is 7.11 Å². The molecule has 1 amide bonds. The highest BCUT2D eigenvalue weighted by Gasteiger charge is 2.23. The first-order valence-electron chi connectivity index (χ1n) is 8.67. The van der Waals surface area contributed by atoms with Crippen LogP contribution in [0.25, 0.3) is 0 Å². The van der Waals surface area contributed by atoms with E-state index in [0.717, 1.165) is 31.7 Å². The minimum Gasteiger partial charge on any atom is -0.469 e. The second-order valence-electron chi connectivity index (χ2n) is 6.36. The van der Waals surface area contributed by atoms with Gasteiger partial charge in [0.2, 0.25) is 0 Å². The fourth-order valence-electron chi connectivity index (χ4n) is 2.94. The molecule has 0 aromatic carbocycles. The van der Waals surface area contributed by atoms with Gasteiger partial charge in [0.05, 0.1) is 19.0 Å². The number of carbonyl (C=O) groups excluding carboxylic acids is 2. The number of esters is 1. The Balaban J connectivity index is 1.52. The minimum atomic E-state index is -0.510. The normalized spacial score (nSPS) is 17.4. The Labute approximate surface area is 156 Å². The van der Waals surface area contributed by atoms with Crippen molar-refractivity contribution in [3.8, 4) is 0 Å². The van der Waals surface area contributed by atoms with Crippen LogP contribution in [0.3, 0.4) is 0 Å². The lowest BCUT2D eigenvalue weighted by Gasteiger charge is -2.32. The van der Waals surface area contributed by atoms with E-state index < -0.39 is 5.91 Å². The molecule has 0 atom stereocenters. The molecule has 144 valence electrons. The number of hydrogen-bond donors (Lipinski definition) is 2. The summed E-state index contributed by atoms with van der Waals surface area (Å²) in [4.78, 5) is 30.0. The van der Waals surface area contributed by atoms with Crippen molar-refractivity contribution >= 4 is 35.1 Å². The molecule has 0 aliphatic carbocycles. The first kappa shape index (κ1) is 18.6. The summed E-state index contributed by atoms with van der Waals surface area (Å²) in [5.74, 6) is 0.582. The maximum absolute atomic E-state index is 12.1. The number of methoxy groups -OCH3 is 1. The van der Waals surface area contributed by atoms with Gasteiger partial charge in [0, 0.05) is 19.5 Å². The Morgan fingerprint density at radius 3 is 2.70 bits per heavy atom. The van der Waals surface area contributed by atoms with Crippen LogP contribution in [-0.2, 0) is 19.1 Å². The zero-order valence-corrected chi connectivity index (χ0v) is 15.1. The molecule has 0 saturated carbocycles. The lowest BCUT2D eigenvalue weighted by Crippen LogP contribution is -2.35. The van der Waals surface area contributed by atoms with Gasteiger partial charge < -0.3 is 25.4 Å². The molecule has 2 aliphatic rings. The second kappa shape index (κ2) is 8.47. The number of pyridine rings is 1. The fraction of sp³-hybridized carbons (Fsp3) is 0.471. The van der Waals surface area contributed by atoms with Crippen LogP contribution in [-0.4, -0.2) is 55.4 Å². The fourth-order valence-corrected chi connectivity index (χ4v) is 2.94. The summed E-state index contributed by atoms with van der Waals surface area (Å²) in [7, 11) is 1.41. The molecule has 0 spiro atoms. The average molecular weight is 374 g/mol. The Hall–Kier alpha value is -3.17. The minimum absolute atomic E-state index is 0.0371. The standard InChI is InChI=1S/C17H22N6O4/c1-26-15(24)8-11-4-6-23(7-5-11)14-3-2-12(9-19-14)20-16(25)17-22-21-13(18)10-27-17/h2-3,9,11H,4-8,10H2,1H3,(H2,18,21)(H,20,25). The van der Waals surface area contributed by atoms with E-state index in [-0.39, 0.29) is 24.3 Å². The van der Waals surface area contributed by atoms with Crippen molar-refractivity contribution in [2.45, 2.75) is 19.3 Å². The lowest BCUT2D eigenvalue weighted by molar-refractivity contribution is -0.141. The van der Waals surface area contributed by atoms with Crippen molar-refractivity contribution in [3.63, 3.8) is 0 Å². The summed E-state index contributed by atoms with van der Waals surface area (Å²) in [5, 5.41) is 9.89. The van der Waals surface area contributed by atoms with Gasteiger partial charge in [0.25, 0.3) is 0 Å². The number of aromatic nitrogens is 1. The molecule has 3 rings (SSSR count). The molecule has 27 heavy (non-hydrogen) atoms. The van der Waals surface area contributed by atoms with Crippen LogP contribution in [0.15, 0.2) is 28.5 Å². The predicted octanol–water partition coefficient (Wildman–Crippen LogP) is 0.501. The molecule has 2 aliphatic heterocycles. The number of nitrogens with two attached hydrogens (primary N) is 1. The van der Waals surface area contributed by atoms with Crippen LogP contribution >= 0.6 is 0 Å². The zero-order chi connectivity index (χ0) is 19.2. The van der Waals surface area contributed by atoms with Gasteiger partial charge in [-0.25, -0.2) is 4.98 Å². The monoisotopic (exact) mass is 374 g/mol. The summed E-state index contributed by atoms with van der Waals surface area (Å²) in [5.41, 5.74) is 5.95. The Bertz CT molecular complexity index is 753. The summed E-state index contributed by atoms with van der Waals surface area (Å²) in [6.07, 6.45) is 3.87. The number of hydrogen-bond acceptors (Lipinski definition) is 9. The Kier molecular flexibility index (Phi) is 5.84. The van der Waals surface area contributed by atoms with Crippen molar-refractivity contribution in [2.75, 3.05) is 37.0 Å². The molecule has 0 unspecified atom stereocenters. The molecule has 10 heteroatoms. The summed E-state index contributed by atoms with van der Waals surface area (Å²) in [6, 6.07) is 3.61. The highest BCUT2D eigenvalue weighted by molar-refractivity contribution is 6.40. The van der Waals surface area contributed by atoms with E-state index in [2.05, 4.69) is 25.4 Å². The predicted molar refractivity (Wildman–Crippen MR) is 99.4 cm³/mol. The van der Waals surface area contributed by atoms with E-state index in [9.17, 15) is 9.59 Å². The van der Waals surface area contributed by atoms with Gasteiger partial charge >= 0.3 is 17.8 Å². The SMILES string of the molecule is COC(=O)CC1CCN(c2ccc(NC(=O)C3=NN=C(N)CO3)cn2)CC1. The highest BCUT2D eigenvalue weighted by Crippen LogP contribution is 2.25. The van der Waals surface area contributed by atoms with E-state index >= 15 is 0 Å². The number of carbonyl (C=O) groups is 2. The maximum atomic E-state index is 12.1. The van der Waals surface area contributed by atoms with Crippen LogP contribution in [0.2, 0.25) is 0 Å². The molecule has 0 bridgehead atoms. The topological polar surface area (TPSA) is 132 Å². The molecular weight excluding hydrogens is 352 g/mol. The van der Waals surface area contributed by atoms with Gasteiger partial charge in [-0.3, -0.25) is 9.59 Å². The molecule has 10 nitrogen and oxygen atoms in total. The number of amidine groups is 1. The van der Waals surface area contributed by atoms with Crippen LogP contribution in [0.1, 0.15) is 19.3 Å². The third kappa shape index (κ3) is 4.93. The van der Waals surface area contributed by atoms with Gasteiger partial charge in [-0.2, -0.15) is 0 Å². The number of amides is 1. The summed E-state index contributed by atoms with van der Waals surface area (Å²) < 4.78 is 9.84. The quantitative estimate of drug-likeness (QED) is 0.717. The number of nitrogens with zero attached hydrogens (tertiary/aromatic N) is 4. The van der Waals surface area contributed by atoms with Crippen molar-refractivity contribution < 1.29 is 19.1 Å². The van der Waals surface area contributed by atoms with Crippen molar-refractivity contribution in [2.24, 2.45) is 21.9 Å². The molecule has 1 fully saturated rings. The molecule has 1 aromatic heterocycles. The largest absolute Gasteiger partial charge is 0.469 e. The molecule has 3 heterocycles. The van der Waals surface area contributed by atoms with Gasteiger partial charge in [0.15, 0.2) is 5.84 Å². The summed E-state index contributed by atoms with van der Waals surface area (Å²) in [6.45, 7) is 1.68. The van der Waals surface area contributed by atoms with E-state index in [4.69, 9.17) is 15.2 Å². The van der Waals surface area contributed by atoms with Crippen LogP contribution in [0, 0.1) is 5.92 Å². The number of rotatable bonds is 5. The maximum Gasteiger partial charge on any atom is 0.312 e. The van der Waals surface area contributed by atoms with E-state index in [0.29, 0.717) is 18.0 Å². The molecule has 0 radical (unpaired) electrons. The highest BCUT2D eigenvalue weighted by atomic mass is 16.5. The first-order chi connectivity index (χ1) is 13.0. The van der Waals surface area contributed by atoms with Crippen LogP contribution in [0.5, 0.6) is 0 Å². The first-order valence-corrected chi connectivity index (χ1v) is 8.67. The van der Waals surface area contributed by atoms with Crippen LogP contribution in [0.4, 0.5) is 11.5 Å². The second-order valence-corrected chi connectivity index (χ2v) is 6.36. The van der Waals surface area contributed by atoms with Crippen molar-refractivity contribution in [1.29, 1.82) is 0 Å². The Morgan fingerprint density at radius 2 is 2.11 bits per heavy atom. The van der Waals surface area contributed by atoms with Crippen LogP contribution < -0.4 is 16.0 Å². The van der Waals surface area contributed by atoms with Gasteiger partial charge in [-0.1, -0.05) is 0 Å². The third-order valence-electron chi connectivity index (χ3n) is 4.45. The van der Waals surface area contributed by atoms with E-state index in [1.807, 2.05) is 6.07 Å². The molecular formula is C17H22N6O4. The zero-order valence-electron chi connectivity index (χ0n) is 15.1. The van der Waals surface area contributed by atoms with Gasteiger partial charge in [-0.05, 0) is 30.9 Å². The summed E-state index contributed by atoms with van der Waals surface area (Å²) >= 11 is 0. The lowest BCUT2D eigenvalue weighted by atomic mass is 9.93. The Morgan fingerprint density at radius 1 is 1.33 bits per heavy atom. The molecule has 1 aromatic rings. The third-order valence-corrected chi connectivity index (χ3v) is 4.45. The van der Waals surface area contributed by atoms with E-state index in [1.54, 1.807) is 12.3 Å². The molecule has 1 saturated heterocycles. The number of anilines is 2. The van der Waals surface area contributed by atoms with Crippen molar-refractivity contribution in [3.05, 3.63) is 18.3 Å². The van der Waals surface area contributed by atoms with Gasteiger partial charge in [0.1, 0.15) is 12.4 Å². The average Bonchev–Trinajstić information content (AvgIpc) is 2.69. The smallest absolute Gasteiger partial charge is 0.312 e. The number of piperidine rings is 1. The van der Waals surface area contributed by atoms with Gasteiger partial charge in [-0.15, -0.1) is 10.2 Å². The number of nitrogens with one attached hydrogen (secondary N) is 1. The molecule has 3 N–H and O–H groups in total. The number of ether oxygens (including phenoxy) is 2. The van der Waals surface area contributed by atoms with Crippen molar-refractivity contribution in [1.82, 2.24) is 4.98 Å².